The van der Waals surface area contributed by atoms with Gasteiger partial charge in [0, 0.05) is 6.07 Å². The molecule has 7 heteroatoms. The van der Waals surface area contributed by atoms with Crippen molar-refractivity contribution in [3.8, 4) is 5.75 Å². The van der Waals surface area contributed by atoms with Gasteiger partial charge >= 0.3 is 6.18 Å². The maximum Gasteiger partial charge on any atom is 0.433 e. The highest BCUT2D eigenvalue weighted by atomic mass is 35.5. The molecular formula is C13H10ClF4NO. The molecule has 2 nitrogen and oxygen atoms in total. The average molecular weight is 308 g/mol. The zero-order valence-electron chi connectivity index (χ0n) is 10.4. The van der Waals surface area contributed by atoms with Gasteiger partial charge in [0.15, 0.2) is 0 Å². The Morgan fingerprint density at radius 1 is 1.30 bits per heavy atom. The van der Waals surface area contributed by atoms with Gasteiger partial charge < -0.3 is 4.74 Å². The second kappa shape index (κ2) is 5.44. The summed E-state index contributed by atoms with van der Waals surface area (Å²) in [6.45, 7) is 1.96. The summed E-state index contributed by atoms with van der Waals surface area (Å²) in [7, 11) is 0. The van der Waals surface area contributed by atoms with Gasteiger partial charge in [-0.25, -0.2) is 9.37 Å². The zero-order valence-corrected chi connectivity index (χ0v) is 11.1. The number of aromatic nitrogens is 1. The maximum absolute atomic E-state index is 13.8. The van der Waals surface area contributed by atoms with Crippen LogP contribution in [-0.2, 0) is 6.18 Å². The van der Waals surface area contributed by atoms with Crippen LogP contribution in [0.15, 0.2) is 18.2 Å². The number of ether oxygens (including phenoxy) is 1. The third-order valence-corrected chi connectivity index (χ3v) is 2.88. The van der Waals surface area contributed by atoms with Crippen LogP contribution in [0.5, 0.6) is 5.75 Å². The molecule has 0 radical (unpaired) electrons. The van der Waals surface area contributed by atoms with E-state index in [-0.39, 0.29) is 28.3 Å². The molecule has 1 aromatic carbocycles. The highest BCUT2D eigenvalue weighted by molar-refractivity contribution is 6.35. The van der Waals surface area contributed by atoms with Gasteiger partial charge in [-0.3, -0.25) is 0 Å². The average Bonchev–Trinajstić information content (AvgIpc) is 2.39. The fraction of sp³-hybridized carbons (Fsp3) is 0.308. The van der Waals surface area contributed by atoms with Gasteiger partial charge in [0.05, 0.1) is 22.5 Å². The minimum Gasteiger partial charge on any atom is -0.493 e. The van der Waals surface area contributed by atoms with Gasteiger partial charge in [-0.05, 0) is 18.6 Å². The predicted molar refractivity (Wildman–Crippen MR) is 67.5 cm³/mol. The number of alkyl halides is 3. The van der Waals surface area contributed by atoms with Gasteiger partial charge in [0.1, 0.15) is 17.3 Å². The third-order valence-electron chi connectivity index (χ3n) is 2.58. The molecule has 0 N–H and O–H groups in total. The van der Waals surface area contributed by atoms with Crippen molar-refractivity contribution < 1.29 is 22.3 Å². The van der Waals surface area contributed by atoms with E-state index >= 15 is 0 Å². The summed E-state index contributed by atoms with van der Waals surface area (Å²) in [5, 5.41) is -0.201. The number of halogens is 5. The van der Waals surface area contributed by atoms with Crippen LogP contribution in [0.3, 0.4) is 0 Å². The van der Waals surface area contributed by atoms with Crippen molar-refractivity contribution in [3.63, 3.8) is 0 Å². The number of fused-ring (bicyclic) bond motifs is 1. The fourth-order valence-corrected chi connectivity index (χ4v) is 1.90. The molecule has 0 aliphatic heterocycles. The van der Waals surface area contributed by atoms with Gasteiger partial charge in [-0.1, -0.05) is 18.5 Å². The van der Waals surface area contributed by atoms with E-state index in [1.807, 2.05) is 0 Å². The summed E-state index contributed by atoms with van der Waals surface area (Å²) in [5.41, 5.74) is -1.42. The zero-order chi connectivity index (χ0) is 14.9. The Kier molecular flexibility index (Phi) is 4.04. The molecule has 0 bridgehead atoms. The summed E-state index contributed by atoms with van der Waals surface area (Å²) in [5.74, 6) is -0.930. The van der Waals surface area contributed by atoms with Crippen LogP contribution >= 0.6 is 11.6 Å². The van der Waals surface area contributed by atoms with Gasteiger partial charge in [-0.2, -0.15) is 13.2 Å². The summed E-state index contributed by atoms with van der Waals surface area (Å²) >= 11 is 5.81. The molecule has 0 aliphatic rings. The largest absolute Gasteiger partial charge is 0.493 e. The van der Waals surface area contributed by atoms with Crippen molar-refractivity contribution in [3.05, 3.63) is 34.7 Å². The van der Waals surface area contributed by atoms with Crippen LogP contribution in [0.25, 0.3) is 10.9 Å². The lowest BCUT2D eigenvalue weighted by Crippen LogP contribution is -2.10. The SMILES string of the molecule is CCCOc1cc(C(F)(F)F)nc2c(Cl)ccc(F)c12. The Morgan fingerprint density at radius 3 is 2.60 bits per heavy atom. The van der Waals surface area contributed by atoms with Crippen LogP contribution in [0.1, 0.15) is 19.0 Å². The number of nitrogens with zero attached hydrogens (tertiary/aromatic N) is 1. The first-order chi connectivity index (χ1) is 9.34. The highest BCUT2D eigenvalue weighted by Crippen LogP contribution is 2.37. The number of benzene rings is 1. The highest BCUT2D eigenvalue weighted by Gasteiger charge is 2.34. The first-order valence-electron chi connectivity index (χ1n) is 5.83. The van der Waals surface area contributed by atoms with Crippen LogP contribution < -0.4 is 4.74 Å². The summed E-state index contributed by atoms with van der Waals surface area (Å²) in [4.78, 5) is 3.40. The van der Waals surface area contributed by atoms with E-state index in [2.05, 4.69) is 4.98 Å². The normalized spacial score (nSPS) is 11.9. The van der Waals surface area contributed by atoms with E-state index in [1.165, 1.54) is 0 Å². The molecule has 108 valence electrons. The molecule has 0 fully saturated rings. The van der Waals surface area contributed by atoms with E-state index in [1.54, 1.807) is 6.92 Å². The lowest BCUT2D eigenvalue weighted by molar-refractivity contribution is -0.141. The van der Waals surface area contributed by atoms with Crippen LogP contribution in [0.4, 0.5) is 17.6 Å². The fourth-order valence-electron chi connectivity index (χ4n) is 1.70. The smallest absolute Gasteiger partial charge is 0.433 e. The lowest BCUT2D eigenvalue weighted by Gasteiger charge is -2.13. The molecule has 2 rings (SSSR count). The Hall–Kier alpha value is -1.56. The predicted octanol–water partition coefficient (Wildman–Crippen LogP) is 4.83. The summed E-state index contributed by atoms with van der Waals surface area (Å²) < 4.78 is 57.4. The third kappa shape index (κ3) is 2.80. The first-order valence-corrected chi connectivity index (χ1v) is 6.21. The molecular weight excluding hydrogens is 298 g/mol. The van der Waals surface area contributed by atoms with E-state index in [0.717, 1.165) is 12.1 Å². The van der Waals surface area contributed by atoms with Crippen molar-refractivity contribution in [2.24, 2.45) is 0 Å². The van der Waals surface area contributed by atoms with E-state index < -0.39 is 17.7 Å². The van der Waals surface area contributed by atoms with Crippen molar-refractivity contribution >= 4 is 22.5 Å². The van der Waals surface area contributed by atoms with E-state index in [9.17, 15) is 17.6 Å². The Morgan fingerprint density at radius 2 is 2.00 bits per heavy atom. The Balaban J connectivity index is 2.74. The van der Waals surface area contributed by atoms with Gasteiger partial charge in [0.25, 0.3) is 0 Å². The molecule has 0 saturated carbocycles. The number of rotatable bonds is 3. The minimum atomic E-state index is -4.66. The van der Waals surface area contributed by atoms with E-state index in [0.29, 0.717) is 12.5 Å². The van der Waals surface area contributed by atoms with Gasteiger partial charge in [-0.15, -0.1) is 0 Å². The molecule has 1 aromatic heterocycles. The van der Waals surface area contributed by atoms with Crippen molar-refractivity contribution in [1.29, 1.82) is 0 Å². The van der Waals surface area contributed by atoms with Crippen LogP contribution in [0.2, 0.25) is 5.02 Å². The van der Waals surface area contributed by atoms with E-state index in [4.69, 9.17) is 16.3 Å². The minimum absolute atomic E-state index is 0.0613. The standard InChI is InChI=1S/C13H10ClF4NO/c1-2-5-20-9-6-10(13(16,17)18)19-12-7(14)3-4-8(15)11(9)12/h3-4,6H,2,5H2,1H3. The van der Waals surface area contributed by atoms with Crippen molar-refractivity contribution in [2.45, 2.75) is 19.5 Å². The molecule has 1 heterocycles. The molecule has 2 aromatic rings. The molecule has 0 aliphatic carbocycles. The number of pyridine rings is 1. The molecule has 0 amide bonds. The molecule has 0 spiro atoms. The lowest BCUT2D eigenvalue weighted by atomic mass is 10.1. The van der Waals surface area contributed by atoms with Crippen molar-refractivity contribution in [1.82, 2.24) is 4.98 Å². The Labute approximate surface area is 117 Å². The first kappa shape index (κ1) is 14.8. The van der Waals surface area contributed by atoms with Gasteiger partial charge in [0.2, 0.25) is 0 Å². The maximum atomic E-state index is 13.8. The molecule has 0 atom stereocenters. The second-order valence-electron chi connectivity index (χ2n) is 4.10. The summed E-state index contributed by atoms with van der Waals surface area (Å²) in [6, 6.07) is 2.92. The monoisotopic (exact) mass is 307 g/mol. The second-order valence-corrected chi connectivity index (χ2v) is 4.51. The number of hydrogen-bond donors (Lipinski definition) is 0. The van der Waals surface area contributed by atoms with Crippen LogP contribution in [0, 0.1) is 5.82 Å². The topological polar surface area (TPSA) is 22.1 Å². The Bertz CT molecular complexity index is 642. The number of hydrogen-bond acceptors (Lipinski definition) is 2. The summed E-state index contributed by atoms with van der Waals surface area (Å²) in [6.07, 6.45) is -4.08. The van der Waals surface area contributed by atoms with Crippen molar-refractivity contribution in [2.75, 3.05) is 6.61 Å². The quantitative estimate of drug-likeness (QED) is 0.757. The molecule has 0 unspecified atom stereocenters. The van der Waals surface area contributed by atoms with Crippen LogP contribution in [-0.4, -0.2) is 11.6 Å². The molecule has 0 saturated heterocycles. The molecule has 20 heavy (non-hydrogen) atoms.